The summed E-state index contributed by atoms with van der Waals surface area (Å²) in [6.45, 7) is 9.62. The Morgan fingerprint density at radius 1 is 1.31 bits per heavy atom. The Balaban J connectivity index is 2.43. The number of nitrogens with zero attached hydrogens (tertiary/aromatic N) is 1. The molecule has 1 aliphatic rings. The third-order valence-electron chi connectivity index (χ3n) is 3.47. The number of aliphatic hydroxyl groups is 1. The van der Waals surface area contributed by atoms with Crippen LogP contribution in [0.2, 0.25) is 0 Å². The van der Waals surface area contributed by atoms with Crippen molar-refractivity contribution in [3.8, 4) is 0 Å². The van der Waals surface area contributed by atoms with Crippen LogP contribution in [0, 0.1) is 0 Å². The van der Waals surface area contributed by atoms with E-state index in [4.69, 9.17) is 0 Å². The van der Waals surface area contributed by atoms with Gasteiger partial charge in [0.2, 0.25) is 0 Å². The molecular weight excluding hydrogens is 198 g/mol. The van der Waals surface area contributed by atoms with E-state index in [9.17, 15) is 5.11 Å². The van der Waals surface area contributed by atoms with E-state index in [0.29, 0.717) is 12.0 Å². The molecule has 1 heterocycles. The van der Waals surface area contributed by atoms with Crippen LogP contribution < -0.4 is 4.90 Å². The summed E-state index contributed by atoms with van der Waals surface area (Å²) < 4.78 is 0. The van der Waals surface area contributed by atoms with Gasteiger partial charge in [-0.25, -0.2) is 0 Å². The van der Waals surface area contributed by atoms with Crippen molar-refractivity contribution in [2.45, 2.75) is 45.8 Å². The molecule has 2 unspecified atom stereocenters. The highest BCUT2D eigenvalue weighted by Gasteiger charge is 2.27. The Kier molecular flexibility index (Phi) is 2.94. The Labute approximate surface area is 97.9 Å². The van der Waals surface area contributed by atoms with Crippen LogP contribution in [-0.2, 0) is 0 Å². The molecule has 0 aromatic heterocycles. The fourth-order valence-corrected chi connectivity index (χ4v) is 2.47. The van der Waals surface area contributed by atoms with Crippen LogP contribution in [0.4, 0.5) is 5.69 Å². The van der Waals surface area contributed by atoms with Crippen molar-refractivity contribution in [1.82, 2.24) is 0 Å². The molecule has 0 aliphatic carbocycles. The third-order valence-corrected chi connectivity index (χ3v) is 3.47. The summed E-state index contributed by atoms with van der Waals surface area (Å²) >= 11 is 0. The highest BCUT2D eigenvalue weighted by atomic mass is 16.3. The molecule has 1 aromatic rings. The number of benzene rings is 1. The lowest BCUT2D eigenvalue weighted by Gasteiger charge is -2.24. The lowest BCUT2D eigenvalue weighted by atomic mass is 10.0. The number of fused-ring (bicyclic) bond motifs is 1. The van der Waals surface area contributed by atoms with Gasteiger partial charge in [-0.1, -0.05) is 19.1 Å². The Bertz CT molecular complexity index is 384. The lowest BCUT2D eigenvalue weighted by Crippen LogP contribution is -2.29. The molecule has 0 saturated carbocycles. The van der Waals surface area contributed by atoms with Crippen LogP contribution in [0.5, 0.6) is 0 Å². The summed E-state index contributed by atoms with van der Waals surface area (Å²) in [7, 11) is 0. The van der Waals surface area contributed by atoms with Crippen molar-refractivity contribution in [3.63, 3.8) is 0 Å². The first-order chi connectivity index (χ1) is 7.50. The molecule has 0 spiro atoms. The molecule has 0 fully saturated rings. The van der Waals surface area contributed by atoms with E-state index in [2.05, 4.69) is 37.8 Å². The van der Waals surface area contributed by atoms with Crippen LogP contribution in [0.25, 0.3) is 0 Å². The highest BCUT2D eigenvalue weighted by Crippen LogP contribution is 2.38. The summed E-state index contributed by atoms with van der Waals surface area (Å²) in [5.74, 6) is 0.598. The second-order valence-corrected chi connectivity index (χ2v) is 5.14. The average molecular weight is 219 g/mol. The third kappa shape index (κ3) is 1.82. The summed E-state index contributed by atoms with van der Waals surface area (Å²) in [6.07, 6.45) is -0.379. The molecule has 0 amide bonds. The van der Waals surface area contributed by atoms with Gasteiger partial charge < -0.3 is 10.0 Å². The van der Waals surface area contributed by atoms with Gasteiger partial charge in [0, 0.05) is 24.2 Å². The van der Waals surface area contributed by atoms with E-state index in [1.54, 1.807) is 0 Å². The monoisotopic (exact) mass is 219 g/mol. The molecule has 2 atom stereocenters. The molecule has 1 aromatic carbocycles. The van der Waals surface area contributed by atoms with Crippen molar-refractivity contribution < 1.29 is 5.11 Å². The first-order valence-electron chi connectivity index (χ1n) is 6.09. The zero-order valence-electron chi connectivity index (χ0n) is 10.6. The topological polar surface area (TPSA) is 23.5 Å². The van der Waals surface area contributed by atoms with E-state index in [-0.39, 0.29) is 6.10 Å². The Morgan fingerprint density at radius 3 is 2.56 bits per heavy atom. The Morgan fingerprint density at radius 2 is 2.00 bits per heavy atom. The van der Waals surface area contributed by atoms with Crippen molar-refractivity contribution in [2.24, 2.45) is 0 Å². The number of rotatable bonds is 2. The van der Waals surface area contributed by atoms with Gasteiger partial charge in [0.25, 0.3) is 0 Å². The van der Waals surface area contributed by atoms with Crippen LogP contribution in [0.1, 0.15) is 50.8 Å². The fraction of sp³-hybridized carbons (Fsp3) is 0.571. The molecule has 0 saturated heterocycles. The zero-order valence-corrected chi connectivity index (χ0v) is 10.6. The first-order valence-corrected chi connectivity index (χ1v) is 6.09. The molecule has 88 valence electrons. The molecule has 1 aliphatic heterocycles. The molecule has 2 rings (SSSR count). The standard InChI is InChI=1S/C14H21NO/c1-9(2)15-8-10(3)13-6-5-12(11(4)16)7-14(13)15/h5-7,9-11,16H,8H2,1-4H3. The molecule has 2 heteroatoms. The van der Waals surface area contributed by atoms with Gasteiger partial charge >= 0.3 is 0 Å². The van der Waals surface area contributed by atoms with E-state index < -0.39 is 0 Å². The molecule has 16 heavy (non-hydrogen) atoms. The van der Waals surface area contributed by atoms with E-state index >= 15 is 0 Å². The van der Waals surface area contributed by atoms with E-state index in [1.165, 1.54) is 11.3 Å². The van der Waals surface area contributed by atoms with Crippen molar-refractivity contribution in [1.29, 1.82) is 0 Å². The van der Waals surface area contributed by atoms with Gasteiger partial charge in [0.1, 0.15) is 0 Å². The number of anilines is 1. The maximum Gasteiger partial charge on any atom is 0.0762 e. The summed E-state index contributed by atoms with van der Waals surface area (Å²) in [6, 6.07) is 6.88. The van der Waals surface area contributed by atoms with Crippen LogP contribution in [-0.4, -0.2) is 17.7 Å². The van der Waals surface area contributed by atoms with Crippen molar-refractivity contribution >= 4 is 5.69 Å². The highest BCUT2D eigenvalue weighted by molar-refractivity contribution is 5.62. The summed E-state index contributed by atoms with van der Waals surface area (Å²) in [4.78, 5) is 2.42. The molecular formula is C14H21NO. The largest absolute Gasteiger partial charge is 0.389 e. The van der Waals surface area contributed by atoms with E-state index in [0.717, 1.165) is 12.1 Å². The SMILES string of the molecule is CC(O)c1ccc2c(c1)N(C(C)C)CC2C. The minimum Gasteiger partial charge on any atom is -0.389 e. The average Bonchev–Trinajstić information content (AvgIpc) is 2.56. The number of hydrogen-bond donors (Lipinski definition) is 1. The lowest BCUT2D eigenvalue weighted by molar-refractivity contribution is 0.199. The molecule has 0 radical (unpaired) electrons. The maximum atomic E-state index is 9.63. The van der Waals surface area contributed by atoms with Crippen LogP contribution in [0.3, 0.4) is 0 Å². The predicted octanol–water partition coefficient (Wildman–Crippen LogP) is 3.07. The zero-order chi connectivity index (χ0) is 11.9. The minimum absolute atomic E-state index is 0.379. The van der Waals surface area contributed by atoms with Gasteiger partial charge in [0.15, 0.2) is 0 Å². The first kappa shape index (κ1) is 11.5. The smallest absolute Gasteiger partial charge is 0.0762 e. The molecule has 0 bridgehead atoms. The van der Waals surface area contributed by atoms with Gasteiger partial charge in [-0.2, -0.15) is 0 Å². The van der Waals surface area contributed by atoms with Gasteiger partial charge in [0.05, 0.1) is 6.10 Å². The van der Waals surface area contributed by atoms with Gasteiger partial charge in [-0.3, -0.25) is 0 Å². The summed E-state index contributed by atoms with van der Waals surface area (Å²) in [5, 5.41) is 9.63. The molecule has 1 N–H and O–H groups in total. The number of hydrogen-bond acceptors (Lipinski definition) is 2. The van der Waals surface area contributed by atoms with Crippen LogP contribution >= 0.6 is 0 Å². The quantitative estimate of drug-likeness (QED) is 0.826. The molecule has 2 nitrogen and oxygen atoms in total. The number of aliphatic hydroxyl groups excluding tert-OH is 1. The summed E-state index contributed by atoms with van der Waals surface area (Å²) in [5.41, 5.74) is 3.73. The van der Waals surface area contributed by atoms with Gasteiger partial charge in [-0.15, -0.1) is 0 Å². The van der Waals surface area contributed by atoms with E-state index in [1.807, 2.05) is 13.0 Å². The van der Waals surface area contributed by atoms with Gasteiger partial charge in [-0.05, 0) is 38.0 Å². The second-order valence-electron chi connectivity index (χ2n) is 5.14. The van der Waals surface area contributed by atoms with Crippen molar-refractivity contribution in [3.05, 3.63) is 29.3 Å². The Hall–Kier alpha value is -1.02. The minimum atomic E-state index is -0.379. The predicted molar refractivity (Wildman–Crippen MR) is 68.0 cm³/mol. The fourth-order valence-electron chi connectivity index (χ4n) is 2.47. The normalized spacial score (nSPS) is 21.4. The maximum absolute atomic E-state index is 9.63. The van der Waals surface area contributed by atoms with Crippen molar-refractivity contribution in [2.75, 3.05) is 11.4 Å². The second kappa shape index (κ2) is 4.10. The van der Waals surface area contributed by atoms with Crippen LogP contribution in [0.15, 0.2) is 18.2 Å².